The first-order valence-corrected chi connectivity index (χ1v) is 11.4. The Morgan fingerprint density at radius 1 is 1.04 bits per heavy atom. The van der Waals surface area contributed by atoms with Crippen LogP contribution in [0.5, 0.6) is 0 Å². The zero-order chi connectivity index (χ0) is 19.6. The molecule has 3 heterocycles. The van der Waals surface area contributed by atoms with Gasteiger partial charge in [0.2, 0.25) is 15.7 Å². The lowest BCUT2D eigenvalue weighted by Crippen LogP contribution is -2.45. The number of hydrogen-bond donors (Lipinski definition) is 0. The largest absolute Gasteiger partial charge is 0.410 e. The molecule has 2 aromatic rings. The maximum atomic E-state index is 12.9. The fourth-order valence-electron chi connectivity index (χ4n) is 3.86. The summed E-state index contributed by atoms with van der Waals surface area (Å²) in [7, 11) is -3.73. The number of urea groups is 1. The van der Waals surface area contributed by atoms with Gasteiger partial charge in [-0.2, -0.15) is 0 Å². The number of aromatic nitrogens is 2. The number of piperidine rings is 1. The predicted molar refractivity (Wildman–Crippen MR) is 101 cm³/mol. The first-order chi connectivity index (χ1) is 13.5. The third kappa shape index (κ3) is 3.89. The summed E-state index contributed by atoms with van der Waals surface area (Å²) in [6.45, 7) is 2.15. The molecule has 150 valence electrons. The van der Waals surface area contributed by atoms with Crippen LogP contribution in [0.25, 0.3) is 0 Å². The average molecular weight is 404 g/mol. The Kier molecular flexibility index (Phi) is 5.34. The van der Waals surface area contributed by atoms with Gasteiger partial charge in [-0.1, -0.05) is 35.4 Å². The standard InChI is InChI=1S/C19H24N4O4S/c24-19(22-11-5-2-6-12-22)23-13-7-10-16(23)17-20-21-18(27-17)28(25,26)14-15-8-3-1-4-9-15/h1,3-4,8-9,16H,2,5-7,10-14H2/t16-/m0/s1. The SMILES string of the molecule is O=C(N1CCCCC1)N1CCC[C@H]1c1nnc(S(=O)(=O)Cc2ccccc2)o1. The van der Waals surface area contributed by atoms with Crippen molar-refractivity contribution in [1.29, 1.82) is 0 Å². The zero-order valence-electron chi connectivity index (χ0n) is 15.7. The summed E-state index contributed by atoms with van der Waals surface area (Å²) < 4.78 is 30.8. The van der Waals surface area contributed by atoms with Gasteiger partial charge in [0.1, 0.15) is 6.04 Å². The number of nitrogens with zero attached hydrogens (tertiary/aromatic N) is 4. The Balaban J connectivity index is 1.50. The Hall–Kier alpha value is -2.42. The Bertz CT molecular complexity index is 922. The van der Waals surface area contributed by atoms with E-state index in [0.29, 0.717) is 18.5 Å². The van der Waals surface area contributed by atoms with Gasteiger partial charge in [0, 0.05) is 19.6 Å². The third-order valence-electron chi connectivity index (χ3n) is 5.30. The minimum atomic E-state index is -3.73. The minimum absolute atomic E-state index is 0.0194. The van der Waals surface area contributed by atoms with E-state index in [-0.39, 0.29) is 28.9 Å². The fourth-order valence-corrected chi connectivity index (χ4v) is 4.99. The van der Waals surface area contributed by atoms with Crippen LogP contribution in [0.4, 0.5) is 4.79 Å². The number of carbonyl (C=O) groups is 1. The van der Waals surface area contributed by atoms with Gasteiger partial charge in [-0.05, 0) is 37.7 Å². The van der Waals surface area contributed by atoms with Crippen molar-refractivity contribution in [2.75, 3.05) is 19.6 Å². The summed E-state index contributed by atoms with van der Waals surface area (Å²) in [5, 5.41) is 7.37. The second-order valence-corrected chi connectivity index (χ2v) is 9.20. The van der Waals surface area contributed by atoms with Crippen molar-refractivity contribution in [1.82, 2.24) is 20.0 Å². The van der Waals surface area contributed by atoms with Crippen LogP contribution < -0.4 is 0 Å². The predicted octanol–water partition coefficient (Wildman–Crippen LogP) is 2.79. The number of amides is 2. The van der Waals surface area contributed by atoms with Crippen molar-refractivity contribution in [3.05, 3.63) is 41.8 Å². The Morgan fingerprint density at radius 2 is 1.79 bits per heavy atom. The van der Waals surface area contributed by atoms with Crippen LogP contribution >= 0.6 is 0 Å². The van der Waals surface area contributed by atoms with Crippen LogP contribution in [0, 0.1) is 0 Å². The summed E-state index contributed by atoms with van der Waals surface area (Å²) >= 11 is 0. The van der Waals surface area contributed by atoms with Crippen molar-refractivity contribution in [3.8, 4) is 0 Å². The summed E-state index contributed by atoms with van der Waals surface area (Å²) in [6, 6.07) is 8.50. The minimum Gasteiger partial charge on any atom is -0.410 e. The number of sulfone groups is 1. The summed E-state index contributed by atoms with van der Waals surface area (Å²) in [4.78, 5) is 16.5. The molecule has 9 heteroatoms. The normalized spacial score (nSPS) is 20.5. The molecule has 2 amide bonds. The van der Waals surface area contributed by atoms with Crippen LogP contribution in [0.2, 0.25) is 0 Å². The molecule has 2 aliphatic rings. The van der Waals surface area contributed by atoms with Gasteiger partial charge in [0.05, 0.1) is 5.75 Å². The number of benzene rings is 1. The molecule has 0 aliphatic carbocycles. The molecule has 4 rings (SSSR count). The maximum Gasteiger partial charge on any atom is 0.335 e. The summed E-state index contributed by atoms with van der Waals surface area (Å²) in [6.07, 6.45) is 4.72. The highest BCUT2D eigenvalue weighted by molar-refractivity contribution is 7.90. The van der Waals surface area contributed by atoms with Gasteiger partial charge in [0.25, 0.3) is 0 Å². The average Bonchev–Trinajstić information content (AvgIpc) is 3.38. The number of likely N-dealkylation sites (tertiary alicyclic amines) is 2. The van der Waals surface area contributed by atoms with Crippen LogP contribution in [0.3, 0.4) is 0 Å². The third-order valence-corrected chi connectivity index (χ3v) is 6.71. The number of rotatable bonds is 4. The van der Waals surface area contributed by atoms with Gasteiger partial charge < -0.3 is 14.2 Å². The van der Waals surface area contributed by atoms with E-state index in [9.17, 15) is 13.2 Å². The molecule has 0 bridgehead atoms. The second-order valence-electron chi connectivity index (χ2n) is 7.33. The Labute approximate surface area is 164 Å². The van der Waals surface area contributed by atoms with Gasteiger partial charge >= 0.3 is 11.3 Å². The Morgan fingerprint density at radius 3 is 2.54 bits per heavy atom. The molecule has 0 spiro atoms. The van der Waals surface area contributed by atoms with E-state index in [1.807, 2.05) is 11.0 Å². The molecule has 0 saturated carbocycles. The van der Waals surface area contributed by atoms with Gasteiger partial charge in [0.15, 0.2) is 0 Å². The highest BCUT2D eigenvalue weighted by Gasteiger charge is 2.37. The zero-order valence-corrected chi connectivity index (χ0v) is 16.5. The van der Waals surface area contributed by atoms with Crippen molar-refractivity contribution in [2.45, 2.75) is 49.1 Å². The molecule has 1 aromatic carbocycles. The fraction of sp³-hybridized carbons (Fsp3) is 0.526. The first kappa shape index (κ1) is 18.9. The van der Waals surface area contributed by atoms with Gasteiger partial charge in [-0.3, -0.25) is 0 Å². The monoisotopic (exact) mass is 404 g/mol. The van der Waals surface area contributed by atoms with E-state index in [0.717, 1.165) is 38.8 Å². The molecule has 1 atom stereocenters. The molecule has 2 saturated heterocycles. The lowest BCUT2D eigenvalue weighted by molar-refractivity contribution is 0.132. The molecule has 1 aromatic heterocycles. The van der Waals surface area contributed by atoms with E-state index in [1.165, 1.54) is 0 Å². The lowest BCUT2D eigenvalue weighted by atomic mass is 10.1. The van der Waals surface area contributed by atoms with E-state index in [4.69, 9.17) is 4.42 Å². The summed E-state index contributed by atoms with van der Waals surface area (Å²) in [5.74, 6) is 0.00538. The molecule has 2 fully saturated rings. The van der Waals surface area contributed by atoms with Crippen molar-refractivity contribution >= 4 is 15.9 Å². The second kappa shape index (κ2) is 7.90. The molecule has 0 radical (unpaired) electrons. The molecular weight excluding hydrogens is 380 g/mol. The van der Waals surface area contributed by atoms with Crippen molar-refractivity contribution in [3.63, 3.8) is 0 Å². The lowest BCUT2D eigenvalue weighted by Gasteiger charge is -2.32. The van der Waals surface area contributed by atoms with E-state index >= 15 is 0 Å². The van der Waals surface area contributed by atoms with Crippen LogP contribution in [0.15, 0.2) is 40.0 Å². The molecule has 0 unspecified atom stereocenters. The van der Waals surface area contributed by atoms with Crippen LogP contribution in [0.1, 0.15) is 49.6 Å². The molecule has 8 nitrogen and oxygen atoms in total. The highest BCUT2D eigenvalue weighted by atomic mass is 32.2. The quantitative estimate of drug-likeness (QED) is 0.777. The molecular formula is C19H24N4O4S. The van der Waals surface area contributed by atoms with Crippen molar-refractivity contribution in [2.24, 2.45) is 0 Å². The molecule has 28 heavy (non-hydrogen) atoms. The first-order valence-electron chi connectivity index (χ1n) is 9.70. The maximum absolute atomic E-state index is 12.9. The highest BCUT2D eigenvalue weighted by Crippen LogP contribution is 2.33. The van der Waals surface area contributed by atoms with Gasteiger partial charge in [-0.25, -0.2) is 13.2 Å². The molecule has 0 N–H and O–H groups in total. The smallest absolute Gasteiger partial charge is 0.335 e. The summed E-state index contributed by atoms with van der Waals surface area (Å²) in [5.41, 5.74) is 0.657. The van der Waals surface area contributed by atoms with E-state index < -0.39 is 9.84 Å². The van der Waals surface area contributed by atoms with Crippen LogP contribution in [-0.4, -0.2) is 54.1 Å². The molecule has 2 aliphatic heterocycles. The number of hydrogen-bond acceptors (Lipinski definition) is 6. The van der Waals surface area contributed by atoms with Crippen LogP contribution in [-0.2, 0) is 15.6 Å². The topological polar surface area (TPSA) is 96.6 Å². The van der Waals surface area contributed by atoms with E-state index in [2.05, 4.69) is 10.2 Å². The van der Waals surface area contributed by atoms with E-state index in [1.54, 1.807) is 29.2 Å². The van der Waals surface area contributed by atoms with Gasteiger partial charge in [-0.15, -0.1) is 5.10 Å². The number of carbonyl (C=O) groups excluding carboxylic acids is 1. The van der Waals surface area contributed by atoms with Crippen molar-refractivity contribution < 1.29 is 17.6 Å².